The van der Waals surface area contributed by atoms with Crippen LogP contribution in [0.3, 0.4) is 0 Å². The number of Topliss-reactive ketones (excluding diaryl/α,β-unsaturated/α-hetero) is 1. The summed E-state index contributed by atoms with van der Waals surface area (Å²) in [5.41, 5.74) is 4.00. The molecule has 3 atom stereocenters. The quantitative estimate of drug-likeness (QED) is 0.674. The van der Waals surface area contributed by atoms with E-state index in [9.17, 15) is 4.79 Å². The van der Waals surface area contributed by atoms with E-state index in [0.29, 0.717) is 6.42 Å². The maximum absolute atomic E-state index is 13.3. The summed E-state index contributed by atoms with van der Waals surface area (Å²) in [4.78, 5) is 13.3. The van der Waals surface area contributed by atoms with E-state index in [1.807, 2.05) is 6.92 Å². The third-order valence-electron chi connectivity index (χ3n) is 7.55. The summed E-state index contributed by atoms with van der Waals surface area (Å²) in [6.45, 7) is 12.7. The Hall–Kier alpha value is -1.87. The van der Waals surface area contributed by atoms with Crippen LogP contribution >= 0.6 is 0 Å². The highest BCUT2D eigenvalue weighted by Gasteiger charge is 2.53. The first-order valence-corrected chi connectivity index (χ1v) is 10.4. The van der Waals surface area contributed by atoms with Crippen LogP contribution in [0.25, 0.3) is 10.8 Å². The third-order valence-corrected chi connectivity index (χ3v) is 7.55. The lowest BCUT2D eigenvalue weighted by atomic mass is 9.67. The van der Waals surface area contributed by atoms with E-state index in [2.05, 4.69) is 52.8 Å². The standard InChI is InChI=1S/C25H32O3/c1-14-8-9-18-16(3)21(27-7)13-19-20(11-10-17(14)23(18)19)25(6)22(26)12-15(2)24(4,5)28-25/h8-9,13,15,20H,10-12H2,1-7H3/t15-,20+,25-/m0/s1. The van der Waals surface area contributed by atoms with Gasteiger partial charge >= 0.3 is 0 Å². The number of ether oxygens (including phenoxy) is 2. The normalized spacial score (nSPS) is 29.2. The van der Waals surface area contributed by atoms with Gasteiger partial charge in [0.1, 0.15) is 11.4 Å². The van der Waals surface area contributed by atoms with Crippen LogP contribution in [0.2, 0.25) is 0 Å². The van der Waals surface area contributed by atoms with Gasteiger partial charge in [0.25, 0.3) is 0 Å². The van der Waals surface area contributed by atoms with Crippen LogP contribution in [-0.4, -0.2) is 24.1 Å². The summed E-state index contributed by atoms with van der Waals surface area (Å²) in [6.07, 6.45) is 2.48. The molecule has 28 heavy (non-hydrogen) atoms. The number of ketones is 1. The van der Waals surface area contributed by atoms with Crippen LogP contribution in [0.4, 0.5) is 0 Å². The zero-order valence-electron chi connectivity index (χ0n) is 18.2. The van der Waals surface area contributed by atoms with Crippen LogP contribution in [0.15, 0.2) is 18.2 Å². The predicted octanol–water partition coefficient (Wildman–Crippen LogP) is 5.66. The Morgan fingerprint density at radius 3 is 2.57 bits per heavy atom. The maximum Gasteiger partial charge on any atom is 0.165 e. The Kier molecular flexibility index (Phi) is 4.39. The molecule has 1 heterocycles. The second-order valence-electron chi connectivity index (χ2n) is 9.51. The molecule has 0 aromatic heterocycles. The number of aryl methyl sites for hydroxylation is 3. The average Bonchev–Trinajstić information content (AvgIpc) is 2.64. The third kappa shape index (κ3) is 2.62. The number of rotatable bonds is 2. The monoisotopic (exact) mass is 380 g/mol. The Morgan fingerprint density at radius 1 is 1.18 bits per heavy atom. The van der Waals surface area contributed by atoms with Gasteiger partial charge in [0.05, 0.1) is 12.7 Å². The molecule has 3 nitrogen and oxygen atoms in total. The fourth-order valence-corrected chi connectivity index (χ4v) is 5.37. The highest BCUT2D eigenvalue weighted by Crippen LogP contribution is 2.51. The first-order chi connectivity index (χ1) is 13.1. The maximum atomic E-state index is 13.3. The predicted molar refractivity (Wildman–Crippen MR) is 113 cm³/mol. The summed E-state index contributed by atoms with van der Waals surface area (Å²) >= 11 is 0. The van der Waals surface area contributed by atoms with Crippen LogP contribution in [0, 0.1) is 19.8 Å². The van der Waals surface area contributed by atoms with Gasteiger partial charge in [-0.05, 0) is 92.5 Å². The van der Waals surface area contributed by atoms with E-state index in [4.69, 9.17) is 9.47 Å². The molecule has 2 aromatic carbocycles. The first-order valence-electron chi connectivity index (χ1n) is 10.4. The summed E-state index contributed by atoms with van der Waals surface area (Å²) in [6, 6.07) is 6.58. The summed E-state index contributed by atoms with van der Waals surface area (Å²) < 4.78 is 12.3. The largest absolute Gasteiger partial charge is 0.496 e. The summed E-state index contributed by atoms with van der Waals surface area (Å²) in [5.74, 6) is 1.38. The smallest absolute Gasteiger partial charge is 0.165 e. The number of methoxy groups -OCH3 is 1. The molecular weight excluding hydrogens is 348 g/mol. The highest BCUT2D eigenvalue weighted by molar-refractivity contribution is 5.97. The summed E-state index contributed by atoms with van der Waals surface area (Å²) in [7, 11) is 1.72. The molecule has 0 unspecified atom stereocenters. The number of hydrogen-bond acceptors (Lipinski definition) is 3. The molecule has 2 aliphatic rings. The molecule has 4 rings (SSSR count). The molecule has 0 radical (unpaired) electrons. The van der Waals surface area contributed by atoms with Crippen molar-refractivity contribution in [3.63, 3.8) is 0 Å². The molecule has 2 aromatic rings. The zero-order valence-corrected chi connectivity index (χ0v) is 18.2. The number of carbonyl (C=O) groups is 1. The average molecular weight is 381 g/mol. The first kappa shape index (κ1) is 19.4. The van der Waals surface area contributed by atoms with Crippen molar-refractivity contribution < 1.29 is 14.3 Å². The molecule has 1 fully saturated rings. The van der Waals surface area contributed by atoms with Crippen molar-refractivity contribution in [3.8, 4) is 5.75 Å². The molecular formula is C25H32O3. The van der Waals surface area contributed by atoms with Gasteiger partial charge in [-0.2, -0.15) is 0 Å². The van der Waals surface area contributed by atoms with Crippen molar-refractivity contribution in [2.75, 3.05) is 7.11 Å². The SMILES string of the molecule is COc1cc2c3c(c(C)ccc3c1C)CC[C@H]2[C@]1(C)OC(C)(C)[C@@H](C)CC1=O. The fourth-order valence-electron chi connectivity index (χ4n) is 5.37. The van der Waals surface area contributed by atoms with Crippen LogP contribution in [-0.2, 0) is 16.0 Å². The lowest BCUT2D eigenvalue weighted by Gasteiger charge is -2.50. The van der Waals surface area contributed by atoms with E-state index >= 15 is 0 Å². The topological polar surface area (TPSA) is 35.5 Å². The fraction of sp³-hybridized carbons (Fsp3) is 0.560. The van der Waals surface area contributed by atoms with Crippen molar-refractivity contribution >= 4 is 16.6 Å². The van der Waals surface area contributed by atoms with Gasteiger partial charge in [0.15, 0.2) is 5.78 Å². The molecule has 0 amide bonds. The number of carbonyl (C=O) groups excluding carboxylic acids is 1. The van der Waals surface area contributed by atoms with E-state index in [0.717, 1.165) is 24.2 Å². The second kappa shape index (κ2) is 6.32. The molecule has 0 spiro atoms. The van der Waals surface area contributed by atoms with Crippen molar-refractivity contribution in [1.82, 2.24) is 0 Å². The van der Waals surface area contributed by atoms with E-state index < -0.39 is 5.60 Å². The van der Waals surface area contributed by atoms with Crippen LogP contribution in [0.1, 0.15) is 68.7 Å². The molecule has 0 bridgehead atoms. The van der Waals surface area contributed by atoms with Gasteiger partial charge < -0.3 is 9.47 Å². The summed E-state index contributed by atoms with van der Waals surface area (Å²) in [5, 5.41) is 2.54. The van der Waals surface area contributed by atoms with Crippen molar-refractivity contribution in [1.29, 1.82) is 0 Å². The molecule has 0 N–H and O–H groups in total. The molecule has 0 saturated carbocycles. The van der Waals surface area contributed by atoms with Crippen molar-refractivity contribution in [2.45, 2.75) is 77.9 Å². The minimum Gasteiger partial charge on any atom is -0.496 e. The molecule has 3 heteroatoms. The van der Waals surface area contributed by atoms with E-state index in [1.165, 1.54) is 27.5 Å². The number of hydrogen-bond donors (Lipinski definition) is 0. The van der Waals surface area contributed by atoms with Crippen molar-refractivity contribution in [2.24, 2.45) is 5.92 Å². The van der Waals surface area contributed by atoms with Gasteiger partial charge in [0.2, 0.25) is 0 Å². The molecule has 1 aliphatic carbocycles. The van der Waals surface area contributed by atoms with Gasteiger partial charge in [-0.1, -0.05) is 19.1 Å². The zero-order chi connectivity index (χ0) is 20.4. The second-order valence-corrected chi connectivity index (χ2v) is 9.51. The highest BCUT2D eigenvalue weighted by atomic mass is 16.5. The minimum atomic E-state index is -0.801. The Bertz CT molecular complexity index is 972. The lowest BCUT2D eigenvalue weighted by molar-refractivity contribution is -0.200. The Morgan fingerprint density at radius 2 is 1.89 bits per heavy atom. The molecule has 1 saturated heterocycles. The van der Waals surface area contributed by atoms with E-state index in [-0.39, 0.29) is 23.2 Å². The van der Waals surface area contributed by atoms with Crippen molar-refractivity contribution in [3.05, 3.63) is 40.5 Å². The Balaban J connectivity index is 1.96. The Labute approximate surface area is 168 Å². The van der Waals surface area contributed by atoms with Gasteiger partial charge in [-0.25, -0.2) is 0 Å². The lowest BCUT2D eigenvalue weighted by Crippen LogP contribution is -2.57. The van der Waals surface area contributed by atoms with Gasteiger partial charge in [-0.15, -0.1) is 0 Å². The minimum absolute atomic E-state index is 0.0399. The van der Waals surface area contributed by atoms with Crippen LogP contribution < -0.4 is 4.74 Å². The molecule has 150 valence electrons. The van der Waals surface area contributed by atoms with Gasteiger partial charge in [0, 0.05) is 12.3 Å². The van der Waals surface area contributed by atoms with Gasteiger partial charge in [-0.3, -0.25) is 4.79 Å². The number of benzene rings is 2. The van der Waals surface area contributed by atoms with E-state index in [1.54, 1.807) is 7.11 Å². The van der Waals surface area contributed by atoms with Crippen LogP contribution in [0.5, 0.6) is 5.75 Å². The molecule has 1 aliphatic heterocycles.